The number of nitrogen functional groups attached to an aromatic ring is 1. The van der Waals surface area contributed by atoms with Gasteiger partial charge in [0.1, 0.15) is 5.69 Å². The van der Waals surface area contributed by atoms with Crippen molar-refractivity contribution in [2.45, 2.75) is 19.3 Å². The molecule has 0 saturated carbocycles. The maximum atomic E-state index is 12.4. The molecule has 0 bridgehead atoms. The van der Waals surface area contributed by atoms with Crippen molar-refractivity contribution >= 4 is 17.3 Å². The lowest BCUT2D eigenvalue weighted by molar-refractivity contribution is -0.383. The Bertz CT molecular complexity index is 545. The Labute approximate surface area is 122 Å². The highest BCUT2D eigenvalue weighted by Gasteiger charge is 2.25. The Hall–Kier alpha value is -2.15. The number of amides is 1. The molecule has 2 rings (SSSR count). The smallest absolute Gasteiger partial charge is 0.292 e. The second-order valence-corrected chi connectivity index (χ2v) is 5.30. The van der Waals surface area contributed by atoms with Crippen LogP contribution in [0.4, 0.5) is 11.4 Å². The summed E-state index contributed by atoms with van der Waals surface area (Å²) in [4.78, 5) is 24.4. The third-order valence-corrected chi connectivity index (χ3v) is 3.82. The highest BCUT2D eigenvalue weighted by atomic mass is 16.6. The van der Waals surface area contributed by atoms with E-state index in [1.165, 1.54) is 18.2 Å². The summed E-state index contributed by atoms with van der Waals surface area (Å²) in [5.74, 6) is 0.0669. The van der Waals surface area contributed by atoms with Crippen LogP contribution in [0.5, 0.6) is 0 Å². The van der Waals surface area contributed by atoms with Gasteiger partial charge in [0.25, 0.3) is 11.6 Å². The number of hydrogen-bond donors (Lipinski definition) is 2. The number of anilines is 1. The largest absolute Gasteiger partial charge is 0.396 e. The van der Waals surface area contributed by atoms with Crippen molar-refractivity contribution in [3.05, 3.63) is 33.9 Å². The maximum absolute atomic E-state index is 12.4. The minimum Gasteiger partial charge on any atom is -0.396 e. The van der Waals surface area contributed by atoms with Gasteiger partial charge in [0.2, 0.25) is 0 Å². The van der Waals surface area contributed by atoms with Crippen LogP contribution in [0.25, 0.3) is 0 Å². The Balaban J connectivity index is 2.16. The molecular formula is C14H19N3O4. The van der Waals surface area contributed by atoms with E-state index in [1.807, 2.05) is 0 Å². The average Bonchev–Trinajstić information content (AvgIpc) is 2.47. The van der Waals surface area contributed by atoms with Crippen molar-refractivity contribution in [3.63, 3.8) is 0 Å². The Morgan fingerprint density at radius 3 is 2.95 bits per heavy atom. The number of carbonyl (C=O) groups is 1. The van der Waals surface area contributed by atoms with Gasteiger partial charge in [0, 0.05) is 31.3 Å². The summed E-state index contributed by atoms with van der Waals surface area (Å²) in [6, 6.07) is 4.13. The van der Waals surface area contributed by atoms with Crippen LogP contribution < -0.4 is 5.73 Å². The van der Waals surface area contributed by atoms with Crippen molar-refractivity contribution in [2.75, 3.05) is 25.4 Å². The summed E-state index contributed by atoms with van der Waals surface area (Å²) >= 11 is 0. The van der Waals surface area contributed by atoms with Crippen LogP contribution in [0.3, 0.4) is 0 Å². The zero-order valence-electron chi connectivity index (χ0n) is 11.7. The van der Waals surface area contributed by atoms with E-state index in [0.29, 0.717) is 19.5 Å². The molecule has 0 aromatic heterocycles. The molecule has 0 aliphatic carbocycles. The third-order valence-electron chi connectivity index (χ3n) is 3.82. The molecule has 7 nitrogen and oxygen atoms in total. The van der Waals surface area contributed by atoms with E-state index in [9.17, 15) is 14.9 Å². The average molecular weight is 293 g/mol. The molecule has 1 unspecified atom stereocenters. The van der Waals surface area contributed by atoms with Gasteiger partial charge in [-0.3, -0.25) is 14.9 Å². The molecule has 1 aliphatic heterocycles. The van der Waals surface area contributed by atoms with E-state index < -0.39 is 4.92 Å². The fourth-order valence-corrected chi connectivity index (χ4v) is 2.69. The van der Waals surface area contributed by atoms with Gasteiger partial charge in [-0.25, -0.2) is 0 Å². The van der Waals surface area contributed by atoms with E-state index in [4.69, 9.17) is 10.8 Å². The molecule has 3 N–H and O–H groups in total. The second kappa shape index (κ2) is 6.53. The van der Waals surface area contributed by atoms with Crippen LogP contribution >= 0.6 is 0 Å². The molecule has 1 heterocycles. The number of benzene rings is 1. The molecule has 1 aromatic carbocycles. The first kappa shape index (κ1) is 15.2. The highest BCUT2D eigenvalue weighted by Crippen LogP contribution is 2.25. The van der Waals surface area contributed by atoms with Crippen molar-refractivity contribution in [1.82, 2.24) is 4.90 Å². The SMILES string of the molecule is Nc1ccc(C(=O)N2CCCC(CCO)C2)cc1[N+](=O)[O-]. The molecule has 1 saturated heterocycles. The van der Waals surface area contributed by atoms with Crippen molar-refractivity contribution in [1.29, 1.82) is 0 Å². The molecule has 1 aliphatic rings. The number of nitrogens with two attached hydrogens (primary N) is 1. The molecule has 1 fully saturated rings. The Morgan fingerprint density at radius 2 is 2.29 bits per heavy atom. The number of rotatable bonds is 4. The van der Waals surface area contributed by atoms with Crippen molar-refractivity contribution in [3.8, 4) is 0 Å². The fraction of sp³-hybridized carbons (Fsp3) is 0.500. The van der Waals surface area contributed by atoms with Crippen LogP contribution in [-0.2, 0) is 0 Å². The third kappa shape index (κ3) is 3.49. The lowest BCUT2D eigenvalue weighted by Crippen LogP contribution is -2.40. The quantitative estimate of drug-likeness (QED) is 0.495. The van der Waals surface area contributed by atoms with Gasteiger partial charge >= 0.3 is 0 Å². The summed E-state index contributed by atoms with van der Waals surface area (Å²) in [6.45, 7) is 1.33. The number of aliphatic hydroxyl groups is 1. The van der Waals surface area contributed by atoms with E-state index in [0.717, 1.165) is 12.8 Å². The number of likely N-dealkylation sites (tertiary alicyclic amines) is 1. The molecule has 1 atom stereocenters. The monoisotopic (exact) mass is 293 g/mol. The van der Waals surface area contributed by atoms with Crippen molar-refractivity contribution in [2.24, 2.45) is 5.92 Å². The minimum atomic E-state index is -0.586. The van der Waals surface area contributed by atoms with Crippen molar-refractivity contribution < 1.29 is 14.8 Å². The first-order chi connectivity index (χ1) is 10.0. The first-order valence-corrected chi connectivity index (χ1v) is 6.97. The number of nitro benzene ring substituents is 1. The number of carbonyl (C=O) groups excluding carboxylic acids is 1. The van der Waals surface area contributed by atoms with E-state index in [-0.39, 0.29) is 35.4 Å². The molecule has 1 aromatic rings. The van der Waals surface area contributed by atoms with Gasteiger partial charge < -0.3 is 15.7 Å². The van der Waals surface area contributed by atoms with Gasteiger partial charge in [-0.2, -0.15) is 0 Å². The maximum Gasteiger partial charge on any atom is 0.292 e. The first-order valence-electron chi connectivity index (χ1n) is 6.97. The molecule has 0 spiro atoms. The summed E-state index contributed by atoms with van der Waals surface area (Å²) in [5, 5.41) is 19.9. The van der Waals surface area contributed by atoms with Gasteiger partial charge in [0.05, 0.1) is 4.92 Å². The second-order valence-electron chi connectivity index (χ2n) is 5.30. The van der Waals surface area contributed by atoms with E-state index in [2.05, 4.69) is 0 Å². The van der Waals surface area contributed by atoms with Crippen LogP contribution in [-0.4, -0.2) is 40.5 Å². The van der Waals surface area contributed by atoms with Gasteiger partial charge in [-0.1, -0.05) is 0 Å². The van der Waals surface area contributed by atoms with Crippen LogP contribution in [0.1, 0.15) is 29.6 Å². The minimum absolute atomic E-state index is 0.0494. The Kier molecular flexibility index (Phi) is 4.74. The molecular weight excluding hydrogens is 274 g/mol. The van der Waals surface area contributed by atoms with Gasteiger partial charge in [-0.15, -0.1) is 0 Å². The normalized spacial score (nSPS) is 18.5. The number of aliphatic hydroxyl groups excluding tert-OH is 1. The lowest BCUT2D eigenvalue weighted by Gasteiger charge is -2.32. The number of nitro groups is 1. The lowest BCUT2D eigenvalue weighted by atomic mass is 9.94. The predicted molar refractivity (Wildman–Crippen MR) is 77.8 cm³/mol. The number of hydrogen-bond acceptors (Lipinski definition) is 5. The van der Waals surface area contributed by atoms with Crippen LogP contribution in [0, 0.1) is 16.0 Å². The van der Waals surface area contributed by atoms with E-state index in [1.54, 1.807) is 4.90 Å². The van der Waals surface area contributed by atoms with Gasteiger partial charge in [0.15, 0.2) is 0 Å². The van der Waals surface area contributed by atoms with E-state index >= 15 is 0 Å². The van der Waals surface area contributed by atoms with Crippen LogP contribution in [0.15, 0.2) is 18.2 Å². The molecule has 114 valence electrons. The fourth-order valence-electron chi connectivity index (χ4n) is 2.69. The molecule has 1 amide bonds. The zero-order chi connectivity index (χ0) is 15.4. The molecule has 21 heavy (non-hydrogen) atoms. The number of nitrogens with zero attached hydrogens (tertiary/aromatic N) is 2. The predicted octanol–water partition coefficient (Wildman–Crippen LogP) is 1.41. The van der Waals surface area contributed by atoms with Gasteiger partial charge in [-0.05, 0) is 37.3 Å². The topological polar surface area (TPSA) is 110 Å². The highest BCUT2D eigenvalue weighted by molar-refractivity contribution is 5.95. The molecule has 0 radical (unpaired) electrons. The summed E-state index contributed by atoms with van der Waals surface area (Å²) in [5.41, 5.74) is 5.62. The standard InChI is InChI=1S/C14H19N3O4/c15-12-4-3-11(8-13(12)17(20)21)14(19)16-6-1-2-10(9-16)5-7-18/h3-4,8,10,18H,1-2,5-7,9,15H2. The summed E-state index contributed by atoms with van der Waals surface area (Å²) in [7, 11) is 0. The Morgan fingerprint density at radius 1 is 1.52 bits per heavy atom. The summed E-state index contributed by atoms with van der Waals surface area (Å²) in [6.07, 6.45) is 2.55. The number of piperidine rings is 1. The van der Waals surface area contributed by atoms with Crippen LogP contribution in [0.2, 0.25) is 0 Å². The molecule has 7 heteroatoms. The summed E-state index contributed by atoms with van der Waals surface area (Å²) < 4.78 is 0. The zero-order valence-corrected chi connectivity index (χ0v) is 11.7.